The third kappa shape index (κ3) is 5.50. The summed E-state index contributed by atoms with van der Waals surface area (Å²) in [4.78, 5) is 11.8. The Morgan fingerprint density at radius 3 is 2.65 bits per heavy atom. The fourth-order valence-corrected chi connectivity index (χ4v) is 3.31. The van der Waals surface area contributed by atoms with Crippen LogP contribution in [0, 0.1) is 0 Å². The molecule has 5 heteroatoms. The number of amides is 1. The van der Waals surface area contributed by atoms with Crippen molar-refractivity contribution in [3.63, 3.8) is 0 Å². The van der Waals surface area contributed by atoms with Gasteiger partial charge < -0.3 is 5.32 Å². The van der Waals surface area contributed by atoms with Crippen LogP contribution in [0.4, 0.5) is 0 Å². The number of rotatable bonds is 7. The number of carbonyl (C=O) groups is 1. The fraction of sp³-hybridized carbons (Fsp3) is 0.500. The second-order valence-electron chi connectivity index (χ2n) is 6.06. The van der Waals surface area contributed by atoms with E-state index < -0.39 is 0 Å². The first-order valence-corrected chi connectivity index (χ1v) is 9.16. The lowest BCUT2D eigenvalue weighted by Crippen LogP contribution is -2.24. The smallest absolute Gasteiger partial charge is 0.239 e. The molecule has 0 saturated carbocycles. The maximum absolute atomic E-state index is 11.8. The van der Waals surface area contributed by atoms with Crippen LogP contribution in [0.15, 0.2) is 34.5 Å². The number of hydrogen-bond donors (Lipinski definition) is 1. The van der Waals surface area contributed by atoms with Crippen molar-refractivity contribution >= 4 is 29.1 Å². The zero-order chi connectivity index (χ0) is 16.7. The summed E-state index contributed by atoms with van der Waals surface area (Å²) >= 11 is 1.49. The van der Waals surface area contributed by atoms with Crippen molar-refractivity contribution < 1.29 is 4.79 Å². The molecule has 2 rings (SSSR count). The van der Waals surface area contributed by atoms with Crippen molar-refractivity contribution in [2.45, 2.75) is 57.6 Å². The van der Waals surface area contributed by atoms with Gasteiger partial charge in [0.05, 0.1) is 11.5 Å². The second kappa shape index (κ2) is 8.87. The monoisotopic (exact) mass is 331 g/mol. The molecule has 1 aliphatic rings. The lowest BCUT2D eigenvalue weighted by molar-refractivity contribution is -0.118. The number of benzene rings is 1. The van der Waals surface area contributed by atoms with Crippen LogP contribution in [0.5, 0.6) is 0 Å². The van der Waals surface area contributed by atoms with Gasteiger partial charge in [0.1, 0.15) is 0 Å². The maximum Gasteiger partial charge on any atom is 0.239 e. The largest absolute Gasteiger partial charge is 0.303 e. The van der Waals surface area contributed by atoms with Crippen LogP contribution in [0.25, 0.3) is 0 Å². The van der Waals surface area contributed by atoms with E-state index in [-0.39, 0.29) is 11.2 Å². The number of hydrogen-bond acceptors (Lipinski definition) is 4. The van der Waals surface area contributed by atoms with Gasteiger partial charge in [-0.2, -0.15) is 5.10 Å². The second-order valence-corrected chi connectivity index (χ2v) is 7.25. The minimum absolute atomic E-state index is 0.0131. The van der Waals surface area contributed by atoms with E-state index in [9.17, 15) is 4.79 Å². The lowest BCUT2D eigenvalue weighted by Gasteiger charge is -2.04. The molecular weight excluding hydrogens is 306 g/mol. The molecule has 1 N–H and O–H groups in total. The Morgan fingerprint density at radius 2 is 2.00 bits per heavy atom. The quantitative estimate of drug-likeness (QED) is 0.460. The van der Waals surface area contributed by atoms with Gasteiger partial charge in [-0.1, -0.05) is 76.1 Å². The molecule has 0 aromatic heterocycles. The molecule has 23 heavy (non-hydrogen) atoms. The first-order chi connectivity index (χ1) is 11.1. The number of nitrogens with one attached hydrogen (secondary N) is 1. The molecule has 0 bridgehead atoms. The molecule has 4 nitrogen and oxygen atoms in total. The first-order valence-electron chi connectivity index (χ1n) is 8.28. The molecule has 1 aromatic carbocycles. The van der Waals surface area contributed by atoms with E-state index in [1.54, 1.807) is 6.21 Å². The molecular formula is C18H25N3OS. The van der Waals surface area contributed by atoms with E-state index in [1.807, 2.05) is 12.1 Å². The van der Waals surface area contributed by atoms with Crippen molar-refractivity contribution in [1.29, 1.82) is 0 Å². The standard InChI is InChI=1S/C18H25N3OS/c1-4-5-6-7-16-17(22)20-18(23-16)21-19-12-14-8-10-15(11-9-14)13(2)3/h8-13,16H,4-7H2,1-3H3,(H,20,21,22). The predicted octanol–water partition coefficient (Wildman–Crippen LogP) is 4.31. The summed E-state index contributed by atoms with van der Waals surface area (Å²) in [5, 5.41) is 11.6. The third-order valence-electron chi connectivity index (χ3n) is 3.80. The molecule has 1 amide bonds. The van der Waals surface area contributed by atoms with Crippen LogP contribution in [0.2, 0.25) is 0 Å². The number of carbonyl (C=O) groups excluding carboxylic acids is 1. The highest BCUT2D eigenvalue weighted by atomic mass is 32.2. The van der Waals surface area contributed by atoms with Gasteiger partial charge in [0.25, 0.3) is 0 Å². The van der Waals surface area contributed by atoms with Gasteiger partial charge in [0.15, 0.2) is 5.17 Å². The summed E-state index contributed by atoms with van der Waals surface area (Å²) in [5.74, 6) is 0.581. The molecule has 1 fully saturated rings. The molecule has 1 aromatic rings. The number of nitrogens with zero attached hydrogens (tertiary/aromatic N) is 2. The van der Waals surface area contributed by atoms with E-state index in [0.29, 0.717) is 11.1 Å². The average molecular weight is 331 g/mol. The fourth-order valence-electron chi connectivity index (χ4n) is 2.34. The molecule has 124 valence electrons. The average Bonchev–Trinajstić information content (AvgIpc) is 2.88. The van der Waals surface area contributed by atoms with Crippen molar-refractivity contribution in [2.24, 2.45) is 10.2 Å². The van der Waals surface area contributed by atoms with Gasteiger partial charge in [-0.25, -0.2) is 0 Å². The Morgan fingerprint density at radius 1 is 1.26 bits per heavy atom. The molecule has 1 unspecified atom stereocenters. The summed E-state index contributed by atoms with van der Waals surface area (Å²) in [6.45, 7) is 6.51. The SMILES string of the molecule is CCCCCC1SC(=NN=Cc2ccc(C(C)C)cc2)NC1=O. The molecule has 1 heterocycles. The van der Waals surface area contributed by atoms with Gasteiger partial charge in [0, 0.05) is 0 Å². The maximum atomic E-state index is 11.8. The lowest BCUT2D eigenvalue weighted by atomic mass is 10.0. The van der Waals surface area contributed by atoms with Gasteiger partial charge >= 0.3 is 0 Å². The Balaban J connectivity index is 1.88. The number of amidine groups is 1. The Kier molecular flexibility index (Phi) is 6.84. The Labute approximate surface area is 142 Å². The van der Waals surface area contributed by atoms with E-state index in [4.69, 9.17) is 0 Å². The molecule has 1 aliphatic heterocycles. The normalized spacial score (nSPS) is 19.9. The van der Waals surface area contributed by atoms with Crippen LogP contribution in [0.1, 0.15) is 63.5 Å². The van der Waals surface area contributed by atoms with Crippen molar-refractivity contribution in [3.8, 4) is 0 Å². The van der Waals surface area contributed by atoms with Crippen molar-refractivity contribution in [1.82, 2.24) is 5.32 Å². The predicted molar refractivity (Wildman–Crippen MR) is 99.2 cm³/mol. The third-order valence-corrected chi connectivity index (χ3v) is 4.95. The van der Waals surface area contributed by atoms with E-state index in [0.717, 1.165) is 18.4 Å². The van der Waals surface area contributed by atoms with Crippen molar-refractivity contribution in [3.05, 3.63) is 35.4 Å². The number of thioether (sulfide) groups is 1. The molecule has 0 spiro atoms. The van der Waals surface area contributed by atoms with E-state index in [1.165, 1.54) is 30.2 Å². The van der Waals surface area contributed by atoms with Gasteiger partial charge in [0.2, 0.25) is 5.91 Å². The van der Waals surface area contributed by atoms with Crippen LogP contribution in [-0.4, -0.2) is 22.5 Å². The van der Waals surface area contributed by atoms with Crippen LogP contribution < -0.4 is 5.32 Å². The molecule has 1 saturated heterocycles. The Hall–Kier alpha value is -1.62. The summed E-state index contributed by atoms with van der Waals surface area (Å²) < 4.78 is 0. The summed E-state index contributed by atoms with van der Waals surface area (Å²) in [5.41, 5.74) is 2.31. The topological polar surface area (TPSA) is 53.8 Å². The summed E-state index contributed by atoms with van der Waals surface area (Å²) in [6.07, 6.45) is 6.04. The van der Waals surface area contributed by atoms with Crippen LogP contribution >= 0.6 is 11.8 Å². The minimum Gasteiger partial charge on any atom is -0.303 e. The molecule has 0 aliphatic carbocycles. The highest BCUT2D eigenvalue weighted by Gasteiger charge is 2.29. The zero-order valence-electron chi connectivity index (χ0n) is 14.1. The molecule has 0 radical (unpaired) electrons. The van der Waals surface area contributed by atoms with Gasteiger partial charge in [-0.05, 0) is 23.5 Å². The van der Waals surface area contributed by atoms with Gasteiger partial charge in [-0.15, -0.1) is 5.10 Å². The van der Waals surface area contributed by atoms with E-state index >= 15 is 0 Å². The van der Waals surface area contributed by atoms with Crippen molar-refractivity contribution in [2.75, 3.05) is 0 Å². The highest BCUT2D eigenvalue weighted by molar-refractivity contribution is 8.15. The van der Waals surface area contributed by atoms with Gasteiger partial charge in [-0.3, -0.25) is 4.79 Å². The van der Waals surface area contributed by atoms with Crippen LogP contribution in [-0.2, 0) is 4.79 Å². The summed E-state index contributed by atoms with van der Waals surface area (Å²) in [6, 6.07) is 8.28. The Bertz CT molecular complexity index is 578. The first kappa shape index (κ1) is 17.7. The molecule has 1 atom stereocenters. The van der Waals surface area contributed by atoms with Crippen LogP contribution in [0.3, 0.4) is 0 Å². The number of unbranched alkanes of at least 4 members (excludes halogenated alkanes) is 2. The van der Waals surface area contributed by atoms with E-state index in [2.05, 4.69) is 48.4 Å². The zero-order valence-corrected chi connectivity index (χ0v) is 14.9. The minimum atomic E-state index is -0.0131. The highest BCUT2D eigenvalue weighted by Crippen LogP contribution is 2.24. The summed E-state index contributed by atoms with van der Waals surface area (Å²) in [7, 11) is 0.